The van der Waals surface area contributed by atoms with Crippen LogP contribution in [0.3, 0.4) is 0 Å². The molecule has 0 saturated heterocycles. The van der Waals surface area contributed by atoms with Crippen LogP contribution in [0.4, 0.5) is 20.2 Å². The van der Waals surface area contributed by atoms with E-state index in [9.17, 15) is 23.5 Å². The van der Waals surface area contributed by atoms with E-state index in [2.05, 4.69) is 5.32 Å². The Morgan fingerprint density at radius 2 is 1.76 bits per heavy atom. The number of thiophene rings is 1. The SMILES string of the molecule is O=C([O-])c1sc2c(ccc(=O)n2-c2ccccc2)c1Nc1ccc(F)cc1F.[Li+]. The van der Waals surface area contributed by atoms with Gasteiger partial charge < -0.3 is 15.2 Å². The van der Waals surface area contributed by atoms with Gasteiger partial charge in [-0.2, -0.15) is 0 Å². The van der Waals surface area contributed by atoms with Crippen molar-refractivity contribution in [3.8, 4) is 5.69 Å². The number of halogens is 2. The molecule has 0 amide bonds. The maximum absolute atomic E-state index is 14.1. The summed E-state index contributed by atoms with van der Waals surface area (Å²) in [5, 5.41) is 14.8. The zero-order chi connectivity index (χ0) is 19.8. The van der Waals surface area contributed by atoms with Crippen LogP contribution in [0.2, 0.25) is 0 Å². The molecule has 5 nitrogen and oxygen atoms in total. The van der Waals surface area contributed by atoms with Crippen LogP contribution < -0.4 is 34.8 Å². The number of carboxylic acids is 1. The van der Waals surface area contributed by atoms with Crippen LogP contribution >= 0.6 is 11.3 Å². The van der Waals surface area contributed by atoms with Crippen LogP contribution in [0, 0.1) is 11.6 Å². The molecule has 0 aliphatic rings. The standard InChI is InChI=1S/C20H12F2N2O3S.Li/c21-11-6-8-15(14(22)10-11)23-17-13-7-9-16(25)24(12-4-2-1-3-5-12)19(13)28-18(17)20(26)27;/h1-10,23H,(H,26,27);/q;+1/p-1. The van der Waals surface area contributed by atoms with Gasteiger partial charge in [0, 0.05) is 17.5 Å². The first-order valence-electron chi connectivity index (χ1n) is 8.13. The van der Waals surface area contributed by atoms with Crippen molar-refractivity contribution in [2.45, 2.75) is 0 Å². The number of hydrogen-bond acceptors (Lipinski definition) is 5. The van der Waals surface area contributed by atoms with Gasteiger partial charge in [0.1, 0.15) is 16.5 Å². The number of para-hydroxylation sites is 1. The van der Waals surface area contributed by atoms with Crippen molar-refractivity contribution < 1.29 is 37.5 Å². The molecule has 2 heterocycles. The third-order valence-corrected chi connectivity index (χ3v) is 5.30. The number of carbonyl (C=O) groups is 1. The molecule has 140 valence electrons. The van der Waals surface area contributed by atoms with Crippen molar-refractivity contribution in [2.75, 3.05) is 5.32 Å². The summed E-state index contributed by atoms with van der Waals surface area (Å²) in [6.45, 7) is 0. The quantitative estimate of drug-likeness (QED) is 0.501. The molecule has 0 unspecified atom stereocenters. The number of anilines is 2. The van der Waals surface area contributed by atoms with Gasteiger partial charge in [-0.1, -0.05) is 18.2 Å². The molecule has 0 aliphatic heterocycles. The van der Waals surface area contributed by atoms with Crippen LogP contribution in [-0.2, 0) is 0 Å². The Morgan fingerprint density at radius 1 is 1.03 bits per heavy atom. The van der Waals surface area contributed by atoms with Crippen LogP contribution in [-0.4, -0.2) is 10.5 Å². The molecule has 0 saturated carbocycles. The second-order valence-corrected chi connectivity index (χ2v) is 6.90. The molecule has 4 rings (SSSR count). The number of nitrogens with zero attached hydrogens (tertiary/aromatic N) is 1. The normalized spacial score (nSPS) is 10.6. The fraction of sp³-hybridized carbons (Fsp3) is 0. The molecule has 0 radical (unpaired) electrons. The first-order valence-corrected chi connectivity index (χ1v) is 8.95. The summed E-state index contributed by atoms with van der Waals surface area (Å²) in [6.07, 6.45) is 0. The second-order valence-electron chi connectivity index (χ2n) is 5.90. The van der Waals surface area contributed by atoms with Crippen molar-refractivity contribution >= 4 is 38.9 Å². The van der Waals surface area contributed by atoms with Gasteiger partial charge in [0.05, 0.1) is 27.9 Å². The summed E-state index contributed by atoms with van der Waals surface area (Å²) in [6, 6.07) is 14.4. The zero-order valence-corrected chi connectivity index (χ0v) is 15.9. The molecule has 0 aliphatic carbocycles. The summed E-state index contributed by atoms with van der Waals surface area (Å²) in [7, 11) is 0. The number of fused-ring (bicyclic) bond motifs is 1. The fourth-order valence-corrected chi connectivity index (χ4v) is 4.00. The number of carboxylic acid groups (broad SMARTS) is 1. The third kappa shape index (κ3) is 3.83. The van der Waals surface area contributed by atoms with Gasteiger partial charge in [-0.05, 0) is 30.3 Å². The number of aromatic nitrogens is 1. The van der Waals surface area contributed by atoms with Crippen molar-refractivity contribution in [1.82, 2.24) is 4.57 Å². The number of nitrogens with one attached hydrogen (secondary N) is 1. The number of rotatable bonds is 4. The molecular weight excluding hydrogens is 393 g/mol. The first-order chi connectivity index (χ1) is 13.5. The van der Waals surface area contributed by atoms with Crippen molar-refractivity contribution in [3.63, 3.8) is 0 Å². The maximum Gasteiger partial charge on any atom is 1.00 e. The van der Waals surface area contributed by atoms with Crippen molar-refractivity contribution in [2.24, 2.45) is 0 Å². The van der Waals surface area contributed by atoms with Crippen LogP contribution in [0.1, 0.15) is 9.67 Å². The first kappa shape index (κ1) is 20.8. The summed E-state index contributed by atoms with van der Waals surface area (Å²) in [5.41, 5.74) is 0.198. The number of aromatic carboxylic acids is 1. The number of pyridine rings is 1. The average Bonchev–Trinajstić information content (AvgIpc) is 3.03. The molecule has 0 atom stereocenters. The van der Waals surface area contributed by atoms with Gasteiger partial charge in [0.15, 0.2) is 0 Å². The fourth-order valence-electron chi connectivity index (χ4n) is 2.90. The van der Waals surface area contributed by atoms with E-state index < -0.39 is 17.6 Å². The molecule has 0 fully saturated rings. The summed E-state index contributed by atoms with van der Waals surface area (Å²) in [4.78, 5) is 24.3. The average molecular weight is 404 g/mol. The number of benzene rings is 2. The van der Waals surface area contributed by atoms with E-state index in [1.807, 2.05) is 0 Å². The van der Waals surface area contributed by atoms with Crippen molar-refractivity contribution in [1.29, 1.82) is 0 Å². The predicted octanol–water partition coefficient (Wildman–Crippen LogP) is 0.442. The number of hydrogen-bond donors (Lipinski definition) is 1. The van der Waals surface area contributed by atoms with Crippen LogP contribution in [0.25, 0.3) is 15.9 Å². The van der Waals surface area contributed by atoms with Gasteiger partial charge in [-0.15, -0.1) is 11.3 Å². The van der Waals surface area contributed by atoms with Gasteiger partial charge in [0.25, 0.3) is 5.56 Å². The molecular formula is C20H11F2LiN2O3S. The number of carbonyl (C=O) groups excluding carboxylic acids is 1. The van der Waals surface area contributed by atoms with E-state index in [0.29, 0.717) is 22.0 Å². The van der Waals surface area contributed by atoms with Gasteiger partial charge in [-0.3, -0.25) is 9.36 Å². The summed E-state index contributed by atoms with van der Waals surface area (Å²) in [5.74, 6) is -3.10. The van der Waals surface area contributed by atoms with Gasteiger partial charge >= 0.3 is 18.9 Å². The van der Waals surface area contributed by atoms with E-state index in [0.717, 1.165) is 17.4 Å². The zero-order valence-electron chi connectivity index (χ0n) is 15.1. The molecule has 0 bridgehead atoms. The molecule has 9 heteroatoms. The summed E-state index contributed by atoms with van der Waals surface area (Å²) < 4.78 is 28.6. The second kappa shape index (κ2) is 8.21. The topological polar surface area (TPSA) is 74.2 Å². The minimum Gasteiger partial charge on any atom is -0.544 e. The largest absolute Gasteiger partial charge is 1.00 e. The van der Waals surface area contributed by atoms with Gasteiger partial charge in [0.2, 0.25) is 0 Å². The predicted molar refractivity (Wildman–Crippen MR) is 101 cm³/mol. The Kier molecular flexibility index (Phi) is 5.89. The van der Waals surface area contributed by atoms with E-state index in [-0.39, 0.29) is 40.7 Å². The van der Waals surface area contributed by atoms with E-state index in [1.54, 1.807) is 30.3 Å². The molecule has 29 heavy (non-hydrogen) atoms. The molecule has 0 spiro atoms. The van der Waals surface area contributed by atoms with Crippen LogP contribution in [0.15, 0.2) is 65.5 Å². The molecule has 2 aromatic carbocycles. The Balaban J connectivity index is 0.00000240. The maximum atomic E-state index is 14.1. The third-order valence-electron chi connectivity index (χ3n) is 4.13. The van der Waals surface area contributed by atoms with Crippen LogP contribution in [0.5, 0.6) is 0 Å². The Hall–Kier alpha value is -2.92. The Morgan fingerprint density at radius 3 is 2.41 bits per heavy atom. The van der Waals surface area contributed by atoms with Crippen molar-refractivity contribution in [3.05, 3.63) is 87.5 Å². The minimum atomic E-state index is -1.47. The Labute approximate surface area is 179 Å². The van der Waals surface area contributed by atoms with Gasteiger partial charge in [-0.25, -0.2) is 8.78 Å². The monoisotopic (exact) mass is 404 g/mol. The van der Waals surface area contributed by atoms with E-state index >= 15 is 0 Å². The molecule has 1 N–H and O–H groups in total. The minimum absolute atomic E-state index is 0. The smallest absolute Gasteiger partial charge is 0.544 e. The molecule has 2 aromatic heterocycles. The Bertz CT molecular complexity index is 1270. The summed E-state index contributed by atoms with van der Waals surface area (Å²) >= 11 is 0.838. The van der Waals surface area contributed by atoms with E-state index in [4.69, 9.17) is 0 Å². The van der Waals surface area contributed by atoms with E-state index in [1.165, 1.54) is 22.8 Å². The molecule has 4 aromatic rings.